The molecule has 0 aromatic rings. The fourth-order valence-corrected chi connectivity index (χ4v) is 1.14. The molecule has 0 saturated heterocycles. The molecular formula is C10H18ClN3O3. The Kier molecular flexibility index (Phi) is 8.13. The van der Waals surface area contributed by atoms with E-state index in [1.165, 1.54) is 7.05 Å². The third kappa shape index (κ3) is 7.57. The normalized spacial score (nSPS) is 9.59. The van der Waals surface area contributed by atoms with Gasteiger partial charge in [0.2, 0.25) is 11.8 Å². The molecule has 0 heterocycles. The van der Waals surface area contributed by atoms with Crippen LogP contribution in [0.5, 0.6) is 0 Å². The summed E-state index contributed by atoms with van der Waals surface area (Å²) in [5.74, 6) is -0.556. The predicted octanol–water partition coefficient (Wildman–Crippen LogP) is 0.309. The lowest BCUT2D eigenvalue weighted by Gasteiger charge is -2.16. The van der Waals surface area contributed by atoms with Crippen molar-refractivity contribution in [3.8, 4) is 0 Å². The fraction of sp³-hybridized carbons (Fsp3) is 0.700. The number of likely N-dealkylation sites (N-methyl/N-ethyl adjacent to an activating group) is 1. The van der Waals surface area contributed by atoms with Crippen LogP contribution in [-0.4, -0.2) is 48.8 Å². The second kappa shape index (κ2) is 8.81. The first kappa shape index (κ1) is 15.7. The largest absolute Gasteiger partial charge is 0.355 e. The van der Waals surface area contributed by atoms with Gasteiger partial charge in [0, 0.05) is 25.9 Å². The summed E-state index contributed by atoms with van der Waals surface area (Å²) < 4.78 is 0. The average Bonchev–Trinajstić information content (AvgIpc) is 2.26. The van der Waals surface area contributed by atoms with Crippen LogP contribution in [0.1, 0.15) is 19.8 Å². The first-order valence-electron chi connectivity index (χ1n) is 5.38. The van der Waals surface area contributed by atoms with Crippen molar-refractivity contribution in [1.29, 1.82) is 0 Å². The van der Waals surface area contributed by atoms with Crippen LogP contribution in [0.3, 0.4) is 0 Å². The van der Waals surface area contributed by atoms with Crippen molar-refractivity contribution in [2.24, 2.45) is 0 Å². The molecule has 0 saturated carbocycles. The Bertz CT molecular complexity index is 284. The molecule has 17 heavy (non-hydrogen) atoms. The van der Waals surface area contributed by atoms with Crippen molar-refractivity contribution in [3.63, 3.8) is 0 Å². The van der Waals surface area contributed by atoms with Crippen molar-refractivity contribution in [1.82, 2.24) is 15.5 Å². The lowest BCUT2D eigenvalue weighted by atomic mass is 10.4. The zero-order valence-corrected chi connectivity index (χ0v) is 10.8. The number of rotatable bonds is 6. The summed E-state index contributed by atoms with van der Waals surface area (Å²) in [6, 6.07) is -0.605. The van der Waals surface area contributed by atoms with Gasteiger partial charge in [-0.25, -0.2) is 4.79 Å². The molecule has 0 radical (unpaired) electrons. The lowest BCUT2D eigenvalue weighted by molar-refractivity contribution is -0.122. The van der Waals surface area contributed by atoms with Crippen LogP contribution < -0.4 is 10.6 Å². The van der Waals surface area contributed by atoms with E-state index in [9.17, 15) is 14.4 Å². The van der Waals surface area contributed by atoms with Gasteiger partial charge in [-0.2, -0.15) is 0 Å². The zero-order chi connectivity index (χ0) is 13.3. The van der Waals surface area contributed by atoms with E-state index in [0.29, 0.717) is 6.54 Å². The van der Waals surface area contributed by atoms with Crippen molar-refractivity contribution in [3.05, 3.63) is 0 Å². The summed E-state index contributed by atoms with van der Waals surface area (Å²) >= 11 is 5.35. The second-order valence-corrected chi connectivity index (χ2v) is 3.88. The van der Waals surface area contributed by atoms with Crippen LogP contribution in [-0.2, 0) is 9.59 Å². The van der Waals surface area contributed by atoms with E-state index < -0.39 is 11.9 Å². The number of imide groups is 1. The number of hydrogen-bond acceptors (Lipinski definition) is 3. The van der Waals surface area contributed by atoms with Gasteiger partial charge in [-0.05, 0) is 6.42 Å². The van der Waals surface area contributed by atoms with Gasteiger partial charge in [-0.1, -0.05) is 6.92 Å². The summed E-state index contributed by atoms with van der Waals surface area (Å²) in [4.78, 5) is 34.9. The highest BCUT2D eigenvalue weighted by Gasteiger charge is 2.14. The molecule has 2 N–H and O–H groups in total. The smallest absolute Gasteiger partial charge is 0.324 e. The zero-order valence-electron chi connectivity index (χ0n) is 10.1. The van der Waals surface area contributed by atoms with Crippen molar-refractivity contribution < 1.29 is 14.4 Å². The van der Waals surface area contributed by atoms with Gasteiger partial charge in [-0.3, -0.25) is 14.9 Å². The van der Waals surface area contributed by atoms with Crippen LogP contribution in [0.25, 0.3) is 0 Å². The molecule has 0 unspecified atom stereocenters. The standard InChI is InChI=1S/C10H18ClN3O3/c1-3-6-12-9(16)7-14(2)10(17)13-8(15)4-5-11/h3-7H2,1-2H3,(H,12,16)(H,13,15,17). The molecule has 0 atom stereocenters. The minimum absolute atomic E-state index is 0.0726. The average molecular weight is 264 g/mol. The number of hydrogen-bond donors (Lipinski definition) is 2. The molecule has 0 aromatic heterocycles. The second-order valence-electron chi connectivity index (χ2n) is 3.50. The molecule has 0 spiro atoms. The Balaban J connectivity index is 3.96. The molecule has 98 valence electrons. The number of amides is 4. The summed E-state index contributed by atoms with van der Waals surface area (Å²) in [6.45, 7) is 2.42. The van der Waals surface area contributed by atoms with Gasteiger partial charge < -0.3 is 10.2 Å². The van der Waals surface area contributed by atoms with Crippen LogP contribution >= 0.6 is 11.6 Å². The topological polar surface area (TPSA) is 78.5 Å². The summed E-state index contributed by atoms with van der Waals surface area (Å²) in [7, 11) is 1.44. The third-order valence-corrected chi connectivity index (χ3v) is 2.06. The molecule has 7 heteroatoms. The number of halogens is 1. The van der Waals surface area contributed by atoms with Crippen molar-refractivity contribution in [2.75, 3.05) is 26.0 Å². The number of urea groups is 1. The Hall–Kier alpha value is -1.30. The molecule has 0 fully saturated rings. The van der Waals surface area contributed by atoms with Gasteiger partial charge in [0.1, 0.15) is 6.54 Å². The molecule has 0 aliphatic heterocycles. The number of nitrogens with one attached hydrogen (secondary N) is 2. The van der Waals surface area contributed by atoms with Crippen molar-refractivity contribution >= 4 is 29.4 Å². The molecule has 0 bridgehead atoms. The monoisotopic (exact) mass is 263 g/mol. The van der Waals surface area contributed by atoms with E-state index in [0.717, 1.165) is 11.3 Å². The summed E-state index contributed by atoms with van der Waals surface area (Å²) in [5.41, 5.74) is 0. The predicted molar refractivity (Wildman–Crippen MR) is 64.8 cm³/mol. The highest BCUT2D eigenvalue weighted by atomic mass is 35.5. The fourth-order valence-electron chi connectivity index (χ4n) is 0.971. The van der Waals surface area contributed by atoms with Crippen LogP contribution in [0.15, 0.2) is 0 Å². The summed E-state index contributed by atoms with van der Waals surface area (Å²) in [6.07, 6.45) is 0.902. The maximum Gasteiger partial charge on any atom is 0.324 e. The van der Waals surface area contributed by atoms with Gasteiger partial charge in [0.05, 0.1) is 0 Å². The van der Waals surface area contributed by atoms with E-state index in [1.54, 1.807) is 0 Å². The number of carbonyl (C=O) groups is 3. The van der Waals surface area contributed by atoms with Crippen LogP contribution in [0, 0.1) is 0 Å². The number of alkyl halides is 1. The first-order chi connectivity index (χ1) is 8.01. The van der Waals surface area contributed by atoms with Gasteiger partial charge >= 0.3 is 6.03 Å². The minimum Gasteiger partial charge on any atom is -0.355 e. The van der Waals surface area contributed by atoms with E-state index >= 15 is 0 Å². The molecule has 0 aromatic carbocycles. The van der Waals surface area contributed by atoms with Crippen molar-refractivity contribution in [2.45, 2.75) is 19.8 Å². The Morgan fingerprint density at radius 3 is 2.41 bits per heavy atom. The molecule has 6 nitrogen and oxygen atoms in total. The highest BCUT2D eigenvalue weighted by Crippen LogP contribution is 1.88. The maximum atomic E-state index is 11.4. The maximum absolute atomic E-state index is 11.4. The van der Waals surface area contributed by atoms with E-state index in [2.05, 4.69) is 10.6 Å². The Morgan fingerprint density at radius 1 is 1.24 bits per heavy atom. The van der Waals surface area contributed by atoms with E-state index in [1.807, 2.05) is 6.92 Å². The van der Waals surface area contributed by atoms with E-state index in [-0.39, 0.29) is 24.8 Å². The Morgan fingerprint density at radius 2 is 1.88 bits per heavy atom. The van der Waals surface area contributed by atoms with Gasteiger partial charge in [0.25, 0.3) is 0 Å². The first-order valence-corrected chi connectivity index (χ1v) is 5.92. The van der Waals surface area contributed by atoms with E-state index in [4.69, 9.17) is 11.6 Å². The number of carbonyl (C=O) groups excluding carboxylic acids is 3. The minimum atomic E-state index is -0.605. The van der Waals surface area contributed by atoms with Crippen LogP contribution in [0.4, 0.5) is 4.79 Å². The summed E-state index contributed by atoms with van der Waals surface area (Å²) in [5, 5.41) is 4.76. The molecular weight excluding hydrogens is 246 g/mol. The highest BCUT2D eigenvalue weighted by molar-refractivity contribution is 6.19. The van der Waals surface area contributed by atoms with Crippen LogP contribution in [0.2, 0.25) is 0 Å². The third-order valence-electron chi connectivity index (χ3n) is 1.87. The lowest BCUT2D eigenvalue weighted by Crippen LogP contribution is -2.45. The molecule has 0 aliphatic carbocycles. The molecule has 0 aliphatic rings. The number of nitrogens with zero attached hydrogens (tertiary/aromatic N) is 1. The molecule has 4 amide bonds. The molecule has 0 rings (SSSR count). The van der Waals surface area contributed by atoms with Gasteiger partial charge in [0.15, 0.2) is 0 Å². The van der Waals surface area contributed by atoms with Gasteiger partial charge in [-0.15, -0.1) is 11.6 Å². The Labute approximate surface area is 106 Å². The quantitative estimate of drug-likeness (QED) is 0.677. The SMILES string of the molecule is CCCNC(=O)CN(C)C(=O)NC(=O)CCCl.